The zero-order valence-electron chi connectivity index (χ0n) is 23.0. The first kappa shape index (κ1) is 26.9. The van der Waals surface area contributed by atoms with Crippen LogP contribution < -0.4 is 0 Å². The highest BCUT2D eigenvalue weighted by atomic mass is 16.4. The van der Waals surface area contributed by atoms with Gasteiger partial charge in [-0.25, -0.2) is 9.97 Å². The van der Waals surface area contributed by atoms with E-state index in [9.17, 15) is 14.7 Å². The highest BCUT2D eigenvalue weighted by Crippen LogP contribution is 2.26. The Bertz CT molecular complexity index is 1650. The van der Waals surface area contributed by atoms with Crippen LogP contribution in [-0.2, 0) is 16.6 Å². The molecule has 0 saturated carbocycles. The van der Waals surface area contributed by atoms with Crippen LogP contribution >= 0.6 is 0 Å². The third kappa shape index (κ3) is 6.15. The van der Waals surface area contributed by atoms with Gasteiger partial charge in [-0.15, -0.1) is 0 Å². The Morgan fingerprint density at radius 3 is 2.00 bits per heavy atom. The third-order valence-corrected chi connectivity index (χ3v) is 7.28. The largest absolute Gasteiger partial charge is 0.481 e. The number of aliphatic carboxylic acids is 1. The number of ketones is 1. The second-order valence-electron chi connectivity index (χ2n) is 11.2. The molecule has 0 radical (unpaired) electrons. The van der Waals surface area contributed by atoms with Crippen LogP contribution in [0.4, 0.5) is 0 Å². The molecule has 0 aliphatic rings. The van der Waals surface area contributed by atoms with Crippen molar-refractivity contribution in [1.29, 1.82) is 0 Å². The fourth-order valence-corrected chi connectivity index (χ4v) is 4.81. The van der Waals surface area contributed by atoms with Gasteiger partial charge in [-0.2, -0.15) is 0 Å². The number of rotatable bonds is 8. The quantitative estimate of drug-likeness (QED) is 0.208. The average molecular weight is 529 g/mol. The number of carbonyl (C=O) groups excluding carboxylic acids is 1. The van der Waals surface area contributed by atoms with Crippen molar-refractivity contribution in [2.45, 2.75) is 39.0 Å². The van der Waals surface area contributed by atoms with E-state index < -0.39 is 11.9 Å². The van der Waals surface area contributed by atoms with Crippen LogP contribution in [-0.4, -0.2) is 26.8 Å². The summed E-state index contributed by atoms with van der Waals surface area (Å²) in [7, 11) is 0. The van der Waals surface area contributed by atoms with Gasteiger partial charge in [0.2, 0.25) is 0 Å². The first-order valence-electron chi connectivity index (χ1n) is 13.4. The fraction of sp³-hybridized carbons (Fsp3) is 0.200. The van der Waals surface area contributed by atoms with Gasteiger partial charge in [-0.05, 0) is 45.4 Å². The Labute approximate surface area is 234 Å². The van der Waals surface area contributed by atoms with Crippen molar-refractivity contribution in [3.63, 3.8) is 0 Å². The van der Waals surface area contributed by atoms with Gasteiger partial charge in [0.25, 0.3) is 0 Å². The van der Waals surface area contributed by atoms with Crippen LogP contribution in [0.5, 0.6) is 0 Å². The standard InChI is InChI=1S/C35H32N2O3/c1-35(2,3)31-16-14-25(15-17-31)32(38)20-29(34(39)40)18-23-8-10-26(11-9-23)33-36-21-30(22-37-33)28-13-12-24-6-4-5-7-27(24)19-28/h4-17,19,21-22,29H,18,20H2,1-3H3,(H,39,40)/t29-/m1/s1. The lowest BCUT2D eigenvalue weighted by molar-refractivity contribution is -0.141. The number of carbonyl (C=O) groups is 2. The number of Topliss-reactive ketones (excluding diaryl/α,β-unsaturated/α-hetero) is 1. The first-order chi connectivity index (χ1) is 19.2. The predicted molar refractivity (Wildman–Crippen MR) is 159 cm³/mol. The molecule has 200 valence electrons. The van der Waals surface area contributed by atoms with Crippen LogP contribution in [0.15, 0.2) is 103 Å². The van der Waals surface area contributed by atoms with Crippen molar-refractivity contribution < 1.29 is 14.7 Å². The number of nitrogens with zero attached hydrogens (tertiary/aromatic N) is 2. The number of fused-ring (bicyclic) bond motifs is 1. The zero-order valence-corrected chi connectivity index (χ0v) is 23.0. The number of carboxylic acids is 1. The normalized spacial score (nSPS) is 12.3. The minimum absolute atomic E-state index is 0.0123. The van der Waals surface area contributed by atoms with Crippen molar-refractivity contribution in [1.82, 2.24) is 9.97 Å². The molecular formula is C35H32N2O3. The van der Waals surface area contributed by atoms with E-state index in [0.29, 0.717) is 11.4 Å². The molecule has 5 heteroatoms. The van der Waals surface area contributed by atoms with Crippen LogP contribution in [0.1, 0.15) is 48.7 Å². The smallest absolute Gasteiger partial charge is 0.307 e. The minimum atomic E-state index is -0.976. The maximum Gasteiger partial charge on any atom is 0.307 e. The molecular weight excluding hydrogens is 496 g/mol. The molecule has 0 spiro atoms. The van der Waals surface area contributed by atoms with Crippen LogP contribution in [0.3, 0.4) is 0 Å². The summed E-state index contributed by atoms with van der Waals surface area (Å²) in [6.45, 7) is 6.34. The molecule has 1 atom stereocenters. The molecule has 5 aromatic rings. The molecule has 0 amide bonds. The Balaban J connectivity index is 1.25. The zero-order chi connectivity index (χ0) is 28.3. The highest BCUT2D eigenvalue weighted by molar-refractivity contribution is 5.98. The van der Waals surface area contributed by atoms with E-state index in [1.165, 1.54) is 10.8 Å². The molecule has 1 heterocycles. The molecule has 1 aromatic heterocycles. The summed E-state index contributed by atoms with van der Waals surface area (Å²) in [6.07, 6.45) is 3.86. The van der Waals surface area contributed by atoms with Gasteiger partial charge in [0.05, 0.1) is 5.92 Å². The lowest BCUT2D eigenvalue weighted by Crippen LogP contribution is -2.20. The van der Waals surface area contributed by atoms with Gasteiger partial charge in [-0.3, -0.25) is 9.59 Å². The lowest BCUT2D eigenvalue weighted by atomic mass is 9.86. The van der Waals surface area contributed by atoms with Crippen molar-refractivity contribution in [3.8, 4) is 22.5 Å². The molecule has 40 heavy (non-hydrogen) atoms. The average Bonchev–Trinajstić information content (AvgIpc) is 2.96. The van der Waals surface area contributed by atoms with Crippen molar-refractivity contribution in [3.05, 3.63) is 120 Å². The molecule has 0 unspecified atom stereocenters. The van der Waals surface area contributed by atoms with E-state index in [4.69, 9.17) is 0 Å². The number of carboxylic acid groups (broad SMARTS) is 1. The predicted octanol–water partition coefficient (Wildman–Crippen LogP) is 7.78. The van der Waals surface area contributed by atoms with E-state index in [-0.39, 0.29) is 24.0 Å². The summed E-state index contributed by atoms with van der Waals surface area (Å²) >= 11 is 0. The maximum atomic E-state index is 12.9. The van der Waals surface area contributed by atoms with Crippen molar-refractivity contribution in [2.75, 3.05) is 0 Å². The minimum Gasteiger partial charge on any atom is -0.481 e. The Kier molecular flexibility index (Phi) is 7.56. The van der Waals surface area contributed by atoms with Gasteiger partial charge >= 0.3 is 5.97 Å². The second kappa shape index (κ2) is 11.2. The molecule has 0 saturated heterocycles. The maximum absolute atomic E-state index is 12.9. The van der Waals surface area contributed by atoms with E-state index in [0.717, 1.165) is 27.8 Å². The topological polar surface area (TPSA) is 80.2 Å². The number of hydrogen-bond donors (Lipinski definition) is 1. The molecule has 0 bridgehead atoms. The van der Waals surface area contributed by atoms with Gasteiger partial charge in [0, 0.05) is 35.5 Å². The third-order valence-electron chi connectivity index (χ3n) is 7.28. The SMILES string of the molecule is CC(C)(C)c1ccc(C(=O)C[C@@H](Cc2ccc(-c3ncc(-c4ccc5ccccc5c4)cn3)cc2)C(=O)O)cc1. The summed E-state index contributed by atoms with van der Waals surface area (Å²) in [5.41, 5.74) is 5.34. The van der Waals surface area contributed by atoms with Gasteiger partial charge < -0.3 is 5.11 Å². The Morgan fingerprint density at radius 1 is 0.750 bits per heavy atom. The van der Waals surface area contributed by atoms with Crippen molar-refractivity contribution >= 4 is 22.5 Å². The molecule has 4 aromatic carbocycles. The van der Waals surface area contributed by atoms with Gasteiger partial charge in [0.15, 0.2) is 11.6 Å². The molecule has 5 rings (SSSR count). The van der Waals surface area contributed by atoms with E-state index in [2.05, 4.69) is 61.1 Å². The Hall–Kier alpha value is -4.64. The van der Waals surface area contributed by atoms with Crippen molar-refractivity contribution in [2.24, 2.45) is 5.92 Å². The van der Waals surface area contributed by atoms with E-state index in [1.807, 2.05) is 60.9 Å². The van der Waals surface area contributed by atoms with E-state index >= 15 is 0 Å². The molecule has 0 aliphatic heterocycles. The fourth-order valence-electron chi connectivity index (χ4n) is 4.81. The lowest BCUT2D eigenvalue weighted by Gasteiger charge is -2.19. The summed E-state index contributed by atoms with van der Waals surface area (Å²) < 4.78 is 0. The highest BCUT2D eigenvalue weighted by Gasteiger charge is 2.23. The van der Waals surface area contributed by atoms with Gasteiger partial charge in [-0.1, -0.05) is 106 Å². The summed E-state index contributed by atoms with van der Waals surface area (Å²) in [4.78, 5) is 34.0. The summed E-state index contributed by atoms with van der Waals surface area (Å²) in [6, 6.07) is 29.6. The summed E-state index contributed by atoms with van der Waals surface area (Å²) in [5, 5.41) is 12.2. The second-order valence-corrected chi connectivity index (χ2v) is 11.2. The number of benzene rings is 4. The molecule has 1 N–H and O–H groups in total. The van der Waals surface area contributed by atoms with Gasteiger partial charge in [0.1, 0.15) is 0 Å². The number of aromatic nitrogens is 2. The van der Waals surface area contributed by atoms with Crippen LogP contribution in [0.25, 0.3) is 33.3 Å². The molecule has 0 aliphatic carbocycles. The van der Waals surface area contributed by atoms with E-state index in [1.54, 1.807) is 12.1 Å². The number of hydrogen-bond acceptors (Lipinski definition) is 4. The monoisotopic (exact) mass is 528 g/mol. The first-order valence-corrected chi connectivity index (χ1v) is 13.4. The van der Waals surface area contributed by atoms with Crippen LogP contribution in [0.2, 0.25) is 0 Å². The Morgan fingerprint density at radius 2 is 1.38 bits per heavy atom. The molecule has 5 nitrogen and oxygen atoms in total. The summed E-state index contributed by atoms with van der Waals surface area (Å²) in [5.74, 6) is -1.35. The molecule has 0 fully saturated rings. The van der Waals surface area contributed by atoms with Crippen LogP contribution in [0, 0.1) is 5.92 Å².